The molecule has 2 aromatic heterocycles. The summed E-state index contributed by atoms with van der Waals surface area (Å²) in [5.41, 5.74) is 4.87. The van der Waals surface area contributed by atoms with Crippen LogP contribution in [-0.4, -0.2) is 9.97 Å². The lowest BCUT2D eigenvalue weighted by Crippen LogP contribution is -2.10. The molecule has 3 aromatic rings. The second-order valence-electron chi connectivity index (χ2n) is 5.70. The predicted molar refractivity (Wildman–Crippen MR) is 75.9 cm³/mol. The van der Waals surface area contributed by atoms with E-state index in [4.69, 9.17) is 4.42 Å². The SMILES string of the molecule is CC(C)(C)c1ccc(-c2ccc3ocnc3n2)cc1. The Hall–Kier alpha value is -2.16. The molecule has 0 saturated carbocycles. The monoisotopic (exact) mass is 252 g/mol. The fourth-order valence-corrected chi connectivity index (χ4v) is 2.05. The molecular formula is C16H16N2O. The van der Waals surface area contributed by atoms with E-state index < -0.39 is 0 Å². The van der Waals surface area contributed by atoms with Crippen LogP contribution in [0.15, 0.2) is 47.2 Å². The summed E-state index contributed by atoms with van der Waals surface area (Å²) in [5.74, 6) is 0. The lowest BCUT2D eigenvalue weighted by molar-refractivity contribution is 0.590. The summed E-state index contributed by atoms with van der Waals surface area (Å²) in [6.07, 6.45) is 1.42. The Bertz CT molecular complexity index is 705. The molecule has 19 heavy (non-hydrogen) atoms. The van der Waals surface area contributed by atoms with Crippen molar-refractivity contribution in [2.45, 2.75) is 26.2 Å². The van der Waals surface area contributed by atoms with Crippen LogP contribution in [-0.2, 0) is 5.41 Å². The number of hydrogen-bond donors (Lipinski definition) is 0. The van der Waals surface area contributed by atoms with Gasteiger partial charge in [0.2, 0.25) is 0 Å². The zero-order chi connectivity index (χ0) is 13.5. The number of pyridine rings is 1. The molecule has 3 nitrogen and oxygen atoms in total. The van der Waals surface area contributed by atoms with Crippen LogP contribution in [0.25, 0.3) is 22.5 Å². The summed E-state index contributed by atoms with van der Waals surface area (Å²) in [5, 5.41) is 0. The van der Waals surface area contributed by atoms with E-state index in [1.54, 1.807) is 0 Å². The minimum absolute atomic E-state index is 0.169. The number of benzene rings is 1. The molecule has 96 valence electrons. The first kappa shape index (κ1) is 11.9. The van der Waals surface area contributed by atoms with E-state index in [9.17, 15) is 0 Å². The maximum atomic E-state index is 5.20. The summed E-state index contributed by atoms with van der Waals surface area (Å²) in [6, 6.07) is 12.4. The molecule has 0 aliphatic heterocycles. The van der Waals surface area contributed by atoms with Gasteiger partial charge in [-0.15, -0.1) is 0 Å². The fourth-order valence-electron chi connectivity index (χ4n) is 2.05. The van der Waals surface area contributed by atoms with Crippen molar-refractivity contribution in [1.29, 1.82) is 0 Å². The molecule has 0 fully saturated rings. The molecule has 2 heterocycles. The van der Waals surface area contributed by atoms with Gasteiger partial charge in [-0.1, -0.05) is 45.0 Å². The first-order valence-corrected chi connectivity index (χ1v) is 6.35. The molecule has 0 bridgehead atoms. The quantitative estimate of drug-likeness (QED) is 0.652. The van der Waals surface area contributed by atoms with Crippen molar-refractivity contribution in [2.24, 2.45) is 0 Å². The second kappa shape index (κ2) is 4.19. The van der Waals surface area contributed by atoms with Crippen LogP contribution in [0.4, 0.5) is 0 Å². The Kier molecular flexibility index (Phi) is 2.63. The van der Waals surface area contributed by atoms with Gasteiger partial charge in [-0.05, 0) is 23.1 Å². The highest BCUT2D eigenvalue weighted by atomic mass is 16.3. The average molecular weight is 252 g/mol. The largest absolute Gasteiger partial charge is 0.442 e. The molecule has 0 amide bonds. The van der Waals surface area contributed by atoms with Crippen LogP contribution in [0.3, 0.4) is 0 Å². The number of fused-ring (bicyclic) bond motifs is 1. The van der Waals surface area contributed by atoms with Crippen molar-refractivity contribution < 1.29 is 4.42 Å². The van der Waals surface area contributed by atoms with E-state index in [1.165, 1.54) is 12.0 Å². The summed E-state index contributed by atoms with van der Waals surface area (Å²) in [7, 11) is 0. The predicted octanol–water partition coefficient (Wildman–Crippen LogP) is 4.19. The third-order valence-electron chi connectivity index (χ3n) is 3.24. The lowest BCUT2D eigenvalue weighted by Gasteiger charge is -2.19. The molecule has 0 spiro atoms. The van der Waals surface area contributed by atoms with E-state index >= 15 is 0 Å². The van der Waals surface area contributed by atoms with Crippen molar-refractivity contribution in [3.8, 4) is 11.3 Å². The van der Waals surface area contributed by atoms with Crippen molar-refractivity contribution >= 4 is 11.2 Å². The molecule has 0 radical (unpaired) electrons. The summed E-state index contributed by atoms with van der Waals surface area (Å²) in [4.78, 5) is 8.58. The molecule has 0 saturated heterocycles. The van der Waals surface area contributed by atoms with Gasteiger partial charge in [0.15, 0.2) is 17.6 Å². The fraction of sp³-hybridized carbons (Fsp3) is 0.250. The van der Waals surface area contributed by atoms with E-state index in [0.29, 0.717) is 5.65 Å². The summed E-state index contributed by atoms with van der Waals surface area (Å²) >= 11 is 0. The van der Waals surface area contributed by atoms with Gasteiger partial charge in [0.25, 0.3) is 0 Å². The normalized spacial score (nSPS) is 11.9. The minimum Gasteiger partial charge on any atom is -0.442 e. The third kappa shape index (κ3) is 2.24. The van der Waals surface area contributed by atoms with E-state index in [1.807, 2.05) is 12.1 Å². The Morgan fingerprint density at radius 2 is 1.68 bits per heavy atom. The van der Waals surface area contributed by atoms with Crippen molar-refractivity contribution in [3.05, 3.63) is 48.4 Å². The molecule has 3 rings (SSSR count). The van der Waals surface area contributed by atoms with Gasteiger partial charge in [0.05, 0.1) is 5.69 Å². The minimum atomic E-state index is 0.169. The maximum Gasteiger partial charge on any atom is 0.199 e. The molecule has 0 aliphatic carbocycles. The van der Waals surface area contributed by atoms with Gasteiger partial charge in [0, 0.05) is 5.56 Å². The van der Waals surface area contributed by atoms with E-state index in [2.05, 4.69) is 55.0 Å². The Morgan fingerprint density at radius 1 is 0.947 bits per heavy atom. The number of oxazole rings is 1. The van der Waals surface area contributed by atoms with Crippen molar-refractivity contribution in [1.82, 2.24) is 9.97 Å². The van der Waals surface area contributed by atoms with Crippen molar-refractivity contribution in [2.75, 3.05) is 0 Å². The number of aromatic nitrogens is 2. The van der Waals surface area contributed by atoms with Crippen LogP contribution in [0.1, 0.15) is 26.3 Å². The van der Waals surface area contributed by atoms with E-state index in [0.717, 1.165) is 16.8 Å². The molecular weight excluding hydrogens is 236 g/mol. The Labute approximate surface area is 112 Å². The molecule has 1 aromatic carbocycles. The zero-order valence-corrected chi connectivity index (χ0v) is 11.3. The highest BCUT2D eigenvalue weighted by Crippen LogP contribution is 2.26. The van der Waals surface area contributed by atoms with Gasteiger partial charge in [-0.2, -0.15) is 4.98 Å². The van der Waals surface area contributed by atoms with Crippen LogP contribution < -0.4 is 0 Å². The molecule has 0 atom stereocenters. The van der Waals surface area contributed by atoms with E-state index in [-0.39, 0.29) is 5.41 Å². The first-order chi connectivity index (χ1) is 9.04. The van der Waals surface area contributed by atoms with Gasteiger partial charge in [-0.25, -0.2) is 4.98 Å². The summed E-state index contributed by atoms with van der Waals surface area (Å²) in [6.45, 7) is 6.63. The molecule has 0 aliphatic rings. The van der Waals surface area contributed by atoms with Gasteiger partial charge >= 0.3 is 0 Å². The zero-order valence-electron chi connectivity index (χ0n) is 11.3. The molecule has 0 N–H and O–H groups in total. The maximum absolute atomic E-state index is 5.20. The van der Waals surface area contributed by atoms with Crippen molar-refractivity contribution in [3.63, 3.8) is 0 Å². The standard InChI is InChI=1S/C16H16N2O/c1-16(2,3)12-6-4-11(5-7-12)13-8-9-14-15(18-13)17-10-19-14/h4-10H,1-3H3. The molecule has 0 unspecified atom stereocenters. The summed E-state index contributed by atoms with van der Waals surface area (Å²) < 4.78 is 5.20. The van der Waals surface area contributed by atoms with Crippen LogP contribution in [0, 0.1) is 0 Å². The highest BCUT2D eigenvalue weighted by molar-refractivity contribution is 5.73. The number of hydrogen-bond acceptors (Lipinski definition) is 3. The number of rotatable bonds is 1. The van der Waals surface area contributed by atoms with Crippen LogP contribution in [0.2, 0.25) is 0 Å². The smallest absolute Gasteiger partial charge is 0.199 e. The number of nitrogens with zero attached hydrogens (tertiary/aromatic N) is 2. The van der Waals surface area contributed by atoms with Gasteiger partial charge in [0.1, 0.15) is 0 Å². The average Bonchev–Trinajstić information content (AvgIpc) is 2.85. The van der Waals surface area contributed by atoms with Crippen LogP contribution in [0.5, 0.6) is 0 Å². The van der Waals surface area contributed by atoms with Gasteiger partial charge in [-0.3, -0.25) is 0 Å². The third-order valence-corrected chi connectivity index (χ3v) is 3.24. The highest BCUT2D eigenvalue weighted by Gasteiger charge is 2.13. The topological polar surface area (TPSA) is 38.9 Å². The van der Waals surface area contributed by atoms with Crippen LogP contribution >= 0.6 is 0 Å². The Balaban J connectivity index is 2.01. The second-order valence-corrected chi connectivity index (χ2v) is 5.70. The van der Waals surface area contributed by atoms with Gasteiger partial charge < -0.3 is 4.42 Å². The lowest BCUT2D eigenvalue weighted by atomic mass is 9.86. The Morgan fingerprint density at radius 3 is 2.37 bits per heavy atom. The first-order valence-electron chi connectivity index (χ1n) is 6.35. The molecule has 3 heteroatoms.